The minimum Gasteiger partial charge on any atom is -0.491 e. The third-order valence-corrected chi connectivity index (χ3v) is 1.96. The first-order chi connectivity index (χ1) is 6.20. The fourth-order valence-electron chi connectivity index (χ4n) is 1.28. The molecule has 1 aliphatic heterocycles. The molecular formula is C9H14O4. The predicted octanol–water partition coefficient (Wildman–Crippen LogP) is -0.439. The fraction of sp³-hybridized carbons (Fsp3) is 0.556. The van der Waals surface area contributed by atoms with Crippen LogP contribution in [0.4, 0.5) is 0 Å². The Kier molecular flexibility index (Phi) is 3.48. The maximum Gasteiger partial charge on any atom is 0.123 e. The second-order valence-electron chi connectivity index (χ2n) is 2.82. The summed E-state index contributed by atoms with van der Waals surface area (Å²) < 4.78 is 5.13. The molecule has 1 heterocycles. The Balaban J connectivity index is 2.85. The van der Waals surface area contributed by atoms with E-state index in [4.69, 9.17) is 9.84 Å². The van der Waals surface area contributed by atoms with Crippen LogP contribution < -0.4 is 0 Å². The van der Waals surface area contributed by atoms with E-state index in [1.165, 1.54) is 6.08 Å². The molecule has 1 rings (SSSR count). The molecule has 0 aromatic rings. The van der Waals surface area contributed by atoms with E-state index < -0.39 is 12.2 Å². The lowest BCUT2D eigenvalue weighted by molar-refractivity contribution is -0.0303. The Morgan fingerprint density at radius 1 is 1.54 bits per heavy atom. The van der Waals surface area contributed by atoms with Crippen LogP contribution in [-0.4, -0.2) is 40.7 Å². The molecule has 0 aromatic heterocycles. The zero-order valence-electron chi connectivity index (χ0n) is 7.47. The van der Waals surface area contributed by atoms with Crippen LogP contribution in [0.3, 0.4) is 0 Å². The average molecular weight is 186 g/mol. The first-order valence-electron chi connectivity index (χ1n) is 4.17. The van der Waals surface area contributed by atoms with Crippen molar-refractivity contribution in [2.75, 3.05) is 13.2 Å². The number of hydrogen-bond donors (Lipinski definition) is 3. The molecule has 2 atom stereocenters. The molecular weight excluding hydrogens is 172 g/mol. The number of ether oxygens (including phenoxy) is 1. The van der Waals surface area contributed by atoms with Crippen molar-refractivity contribution in [2.24, 2.45) is 0 Å². The molecule has 4 nitrogen and oxygen atoms in total. The summed E-state index contributed by atoms with van der Waals surface area (Å²) in [5, 5.41) is 27.4. The summed E-state index contributed by atoms with van der Waals surface area (Å²) in [5.41, 5.74) is 0.521. The van der Waals surface area contributed by atoms with Gasteiger partial charge in [-0.25, -0.2) is 0 Å². The molecule has 0 saturated carbocycles. The van der Waals surface area contributed by atoms with Gasteiger partial charge in [-0.3, -0.25) is 0 Å². The molecule has 1 saturated heterocycles. The van der Waals surface area contributed by atoms with Gasteiger partial charge in [0, 0.05) is 5.57 Å². The second kappa shape index (κ2) is 4.41. The van der Waals surface area contributed by atoms with Crippen LogP contribution >= 0.6 is 0 Å². The van der Waals surface area contributed by atoms with E-state index in [-0.39, 0.29) is 13.2 Å². The van der Waals surface area contributed by atoms with Crippen molar-refractivity contribution in [2.45, 2.75) is 19.1 Å². The van der Waals surface area contributed by atoms with Crippen LogP contribution in [0.2, 0.25) is 0 Å². The molecule has 0 aromatic carbocycles. The van der Waals surface area contributed by atoms with Gasteiger partial charge < -0.3 is 20.1 Å². The topological polar surface area (TPSA) is 69.9 Å². The minimum absolute atomic E-state index is 0.0599. The van der Waals surface area contributed by atoms with Crippen molar-refractivity contribution >= 4 is 0 Å². The Labute approximate surface area is 76.8 Å². The van der Waals surface area contributed by atoms with Gasteiger partial charge in [-0.05, 0) is 13.0 Å². The van der Waals surface area contributed by atoms with Gasteiger partial charge in [0.1, 0.15) is 24.6 Å². The third kappa shape index (κ3) is 2.09. The standard InChI is InChI=1S/C9H14O4/c1-2-6-8(3-4-10)13-5-7(11)9(6)12/h2-3,7,9-12H,4-5H2,1H3/b6-2?,8-3+/t7-,9?/m1/s1. The molecule has 0 radical (unpaired) electrons. The van der Waals surface area contributed by atoms with Crippen molar-refractivity contribution in [3.05, 3.63) is 23.5 Å². The summed E-state index contributed by atoms with van der Waals surface area (Å²) >= 11 is 0. The van der Waals surface area contributed by atoms with Crippen molar-refractivity contribution in [1.29, 1.82) is 0 Å². The number of hydrogen-bond acceptors (Lipinski definition) is 4. The molecule has 0 bridgehead atoms. The molecule has 3 N–H and O–H groups in total. The number of aliphatic hydroxyl groups is 3. The lowest BCUT2D eigenvalue weighted by Gasteiger charge is -2.28. The van der Waals surface area contributed by atoms with Gasteiger partial charge in [-0.1, -0.05) is 6.08 Å². The maximum atomic E-state index is 9.51. The van der Waals surface area contributed by atoms with Crippen molar-refractivity contribution in [3.63, 3.8) is 0 Å². The molecule has 0 spiro atoms. The number of rotatable bonds is 1. The Hall–Kier alpha value is -0.840. The largest absolute Gasteiger partial charge is 0.491 e. The first-order valence-corrected chi connectivity index (χ1v) is 4.17. The van der Waals surface area contributed by atoms with E-state index in [1.54, 1.807) is 13.0 Å². The predicted molar refractivity (Wildman–Crippen MR) is 46.9 cm³/mol. The fourth-order valence-corrected chi connectivity index (χ4v) is 1.28. The van der Waals surface area contributed by atoms with E-state index in [0.717, 1.165) is 0 Å². The van der Waals surface area contributed by atoms with Gasteiger partial charge in [-0.15, -0.1) is 0 Å². The van der Waals surface area contributed by atoms with Crippen LogP contribution in [0.5, 0.6) is 0 Å². The average Bonchev–Trinajstić information content (AvgIpc) is 2.12. The molecule has 1 aliphatic rings. The lowest BCUT2D eigenvalue weighted by atomic mass is 10.00. The quantitative estimate of drug-likeness (QED) is 0.519. The van der Waals surface area contributed by atoms with E-state index in [0.29, 0.717) is 11.3 Å². The first kappa shape index (κ1) is 10.2. The third-order valence-electron chi connectivity index (χ3n) is 1.96. The monoisotopic (exact) mass is 186 g/mol. The highest BCUT2D eigenvalue weighted by molar-refractivity contribution is 5.32. The number of allylic oxidation sites excluding steroid dienone is 1. The van der Waals surface area contributed by atoms with Crippen LogP contribution in [-0.2, 0) is 4.74 Å². The van der Waals surface area contributed by atoms with Crippen molar-refractivity contribution in [1.82, 2.24) is 0 Å². The molecule has 13 heavy (non-hydrogen) atoms. The van der Waals surface area contributed by atoms with Gasteiger partial charge in [0.05, 0.1) is 6.61 Å². The van der Waals surface area contributed by atoms with Crippen LogP contribution in [0.1, 0.15) is 6.92 Å². The van der Waals surface area contributed by atoms with E-state index >= 15 is 0 Å². The lowest BCUT2D eigenvalue weighted by Crippen LogP contribution is -2.37. The highest BCUT2D eigenvalue weighted by Crippen LogP contribution is 2.23. The Bertz CT molecular complexity index is 232. The molecule has 0 amide bonds. The highest BCUT2D eigenvalue weighted by Gasteiger charge is 2.29. The molecule has 74 valence electrons. The van der Waals surface area contributed by atoms with Gasteiger partial charge in [0.15, 0.2) is 0 Å². The van der Waals surface area contributed by atoms with Gasteiger partial charge in [-0.2, -0.15) is 0 Å². The summed E-state index contributed by atoms with van der Waals surface area (Å²) in [5.74, 6) is 0.447. The van der Waals surface area contributed by atoms with Crippen molar-refractivity contribution in [3.8, 4) is 0 Å². The van der Waals surface area contributed by atoms with Gasteiger partial charge in [0.25, 0.3) is 0 Å². The van der Waals surface area contributed by atoms with Gasteiger partial charge in [0.2, 0.25) is 0 Å². The van der Waals surface area contributed by atoms with Crippen LogP contribution in [0.15, 0.2) is 23.5 Å². The summed E-state index contributed by atoms with van der Waals surface area (Å²) in [7, 11) is 0. The summed E-state index contributed by atoms with van der Waals surface area (Å²) in [6.45, 7) is 1.66. The SMILES string of the molecule is CC=C1/C(=C\CO)OC[C@@H](O)C1O. The van der Waals surface area contributed by atoms with Crippen molar-refractivity contribution < 1.29 is 20.1 Å². The minimum atomic E-state index is -0.920. The molecule has 4 heteroatoms. The highest BCUT2D eigenvalue weighted by atomic mass is 16.5. The zero-order chi connectivity index (χ0) is 9.84. The normalized spacial score (nSPS) is 35.1. The second-order valence-corrected chi connectivity index (χ2v) is 2.82. The van der Waals surface area contributed by atoms with Gasteiger partial charge >= 0.3 is 0 Å². The Morgan fingerprint density at radius 2 is 2.23 bits per heavy atom. The molecule has 1 unspecified atom stereocenters. The summed E-state index contributed by atoms with van der Waals surface area (Å²) in [4.78, 5) is 0. The van der Waals surface area contributed by atoms with E-state index in [1.807, 2.05) is 0 Å². The Morgan fingerprint density at radius 3 is 2.77 bits per heavy atom. The van der Waals surface area contributed by atoms with E-state index in [2.05, 4.69) is 0 Å². The summed E-state index contributed by atoms with van der Waals surface area (Å²) in [6.07, 6.45) is 1.32. The van der Waals surface area contributed by atoms with Crippen LogP contribution in [0.25, 0.3) is 0 Å². The smallest absolute Gasteiger partial charge is 0.123 e. The van der Waals surface area contributed by atoms with E-state index in [9.17, 15) is 10.2 Å². The molecule has 1 fully saturated rings. The van der Waals surface area contributed by atoms with Crippen LogP contribution in [0, 0.1) is 0 Å². The number of aliphatic hydroxyl groups excluding tert-OH is 3. The zero-order valence-corrected chi connectivity index (χ0v) is 7.47. The summed E-state index contributed by atoms with van der Waals surface area (Å²) in [6, 6.07) is 0. The molecule has 0 aliphatic carbocycles. The maximum absolute atomic E-state index is 9.51.